The van der Waals surface area contributed by atoms with E-state index in [0.29, 0.717) is 23.1 Å². The zero-order chi connectivity index (χ0) is 17.8. The van der Waals surface area contributed by atoms with Gasteiger partial charge in [-0.3, -0.25) is 9.59 Å². The van der Waals surface area contributed by atoms with Crippen LogP contribution in [0.25, 0.3) is 0 Å². The van der Waals surface area contributed by atoms with E-state index in [1.165, 1.54) is 11.8 Å². The highest BCUT2D eigenvalue weighted by molar-refractivity contribution is 7.98. The van der Waals surface area contributed by atoms with Crippen LogP contribution in [0.2, 0.25) is 0 Å². The number of benzene rings is 1. The Hall–Kier alpha value is -2.28. The molecule has 0 radical (unpaired) electrons. The van der Waals surface area contributed by atoms with Crippen LogP contribution < -0.4 is 15.6 Å². The molecule has 0 aliphatic carbocycles. The van der Waals surface area contributed by atoms with Gasteiger partial charge in [-0.1, -0.05) is 37.2 Å². The Morgan fingerprint density at radius 2 is 2.04 bits per heavy atom. The third kappa shape index (κ3) is 3.87. The van der Waals surface area contributed by atoms with E-state index in [4.69, 9.17) is 4.74 Å². The average Bonchev–Trinajstić information content (AvgIpc) is 2.61. The Bertz CT molecular complexity index is 817. The number of hydrogen-bond donors (Lipinski definition) is 2. The molecule has 0 fully saturated rings. The minimum Gasteiger partial charge on any atom is -0.494 e. The van der Waals surface area contributed by atoms with Gasteiger partial charge in [0.05, 0.1) is 12.2 Å². The maximum Gasteiger partial charge on any atom is 0.257 e. The van der Waals surface area contributed by atoms with Gasteiger partial charge in [-0.05, 0) is 30.4 Å². The van der Waals surface area contributed by atoms with Crippen LogP contribution in [-0.4, -0.2) is 28.7 Å². The maximum atomic E-state index is 12.5. The smallest absolute Gasteiger partial charge is 0.257 e. The van der Waals surface area contributed by atoms with Crippen molar-refractivity contribution in [2.45, 2.75) is 37.3 Å². The number of fused-ring (bicyclic) bond motifs is 1. The van der Waals surface area contributed by atoms with Crippen molar-refractivity contribution in [3.05, 3.63) is 45.7 Å². The summed E-state index contributed by atoms with van der Waals surface area (Å²) in [6.45, 7) is 2.80. The van der Waals surface area contributed by atoms with Crippen molar-refractivity contribution >= 4 is 23.5 Å². The number of anilines is 1. The average molecular weight is 359 g/mol. The summed E-state index contributed by atoms with van der Waals surface area (Å²) in [5, 5.41) is 3.20. The van der Waals surface area contributed by atoms with Crippen molar-refractivity contribution in [3.63, 3.8) is 0 Å². The van der Waals surface area contributed by atoms with Gasteiger partial charge < -0.3 is 15.0 Å². The topological polar surface area (TPSA) is 84.1 Å². The molecule has 7 heteroatoms. The molecule has 0 saturated heterocycles. The number of nitrogens with zero attached hydrogens (tertiary/aromatic N) is 1. The molecular formula is C18H21N3O3S. The zero-order valence-corrected chi connectivity index (χ0v) is 15.1. The number of amides is 1. The number of hydrogen-bond acceptors (Lipinski definition) is 5. The van der Waals surface area contributed by atoms with Crippen LogP contribution in [0.4, 0.5) is 5.82 Å². The van der Waals surface area contributed by atoms with Gasteiger partial charge >= 0.3 is 0 Å². The molecule has 1 unspecified atom stereocenters. The number of carbonyl (C=O) groups is 1. The lowest BCUT2D eigenvalue weighted by Crippen LogP contribution is -2.31. The molecule has 3 rings (SSSR count). The van der Waals surface area contributed by atoms with Crippen LogP contribution in [0, 0.1) is 0 Å². The number of H-pyrrole nitrogens is 1. The summed E-state index contributed by atoms with van der Waals surface area (Å²) >= 11 is 1.33. The Morgan fingerprint density at radius 3 is 2.72 bits per heavy atom. The molecule has 1 atom stereocenters. The minimum absolute atomic E-state index is 0.133. The van der Waals surface area contributed by atoms with Crippen LogP contribution in [-0.2, 0) is 4.79 Å². The van der Waals surface area contributed by atoms with E-state index in [-0.39, 0.29) is 23.8 Å². The van der Waals surface area contributed by atoms with E-state index in [2.05, 4.69) is 22.2 Å². The fourth-order valence-electron chi connectivity index (χ4n) is 2.86. The molecule has 2 aromatic rings. The van der Waals surface area contributed by atoms with Gasteiger partial charge in [-0.2, -0.15) is 0 Å². The van der Waals surface area contributed by atoms with Gasteiger partial charge in [0.2, 0.25) is 5.91 Å². The lowest BCUT2D eigenvalue weighted by Gasteiger charge is -2.24. The first-order valence-corrected chi connectivity index (χ1v) is 9.55. The molecule has 0 saturated carbocycles. The zero-order valence-electron chi connectivity index (χ0n) is 14.3. The highest BCUT2D eigenvalue weighted by atomic mass is 32.2. The number of carbonyl (C=O) groups excluding carboxylic acids is 1. The van der Waals surface area contributed by atoms with E-state index >= 15 is 0 Å². The van der Waals surface area contributed by atoms with Crippen molar-refractivity contribution in [1.29, 1.82) is 0 Å². The second kappa shape index (κ2) is 7.74. The third-order valence-electron chi connectivity index (χ3n) is 4.17. The monoisotopic (exact) mass is 359 g/mol. The molecule has 1 amide bonds. The van der Waals surface area contributed by atoms with Crippen molar-refractivity contribution in [2.24, 2.45) is 0 Å². The molecule has 2 N–H and O–H groups in total. The minimum atomic E-state index is -0.305. The van der Waals surface area contributed by atoms with E-state index in [0.717, 1.165) is 24.2 Å². The molecule has 0 bridgehead atoms. The predicted molar refractivity (Wildman–Crippen MR) is 98.6 cm³/mol. The number of rotatable bonds is 6. The molecule has 6 nitrogen and oxygen atoms in total. The molecule has 1 aromatic carbocycles. The summed E-state index contributed by atoms with van der Waals surface area (Å²) in [5.41, 5.74) is 1.21. The normalized spacial score (nSPS) is 16.2. The van der Waals surface area contributed by atoms with Crippen molar-refractivity contribution in [1.82, 2.24) is 9.97 Å². The molecule has 132 valence electrons. The molecule has 1 aliphatic rings. The predicted octanol–water partition coefficient (Wildman–Crippen LogP) is 3.14. The van der Waals surface area contributed by atoms with Crippen LogP contribution in [0.1, 0.15) is 43.2 Å². The van der Waals surface area contributed by atoms with Crippen LogP contribution in [0.15, 0.2) is 34.2 Å². The second-order valence-corrected chi connectivity index (χ2v) is 6.71. The van der Waals surface area contributed by atoms with E-state index in [1.54, 1.807) is 0 Å². The highest BCUT2D eigenvalue weighted by Crippen LogP contribution is 2.34. The Labute approximate surface area is 150 Å². The Kier molecular flexibility index (Phi) is 5.43. The second-order valence-electron chi connectivity index (χ2n) is 5.91. The van der Waals surface area contributed by atoms with Crippen molar-refractivity contribution < 1.29 is 9.53 Å². The maximum absolute atomic E-state index is 12.5. The van der Waals surface area contributed by atoms with Crippen LogP contribution in [0.5, 0.6) is 5.75 Å². The quantitative estimate of drug-likeness (QED) is 0.470. The first-order valence-electron chi connectivity index (χ1n) is 8.33. The molecule has 1 aromatic heterocycles. The highest BCUT2D eigenvalue weighted by Gasteiger charge is 2.30. The first-order chi connectivity index (χ1) is 12.1. The summed E-state index contributed by atoms with van der Waals surface area (Å²) < 4.78 is 5.67. The number of aromatic nitrogens is 2. The van der Waals surface area contributed by atoms with Crippen LogP contribution in [0.3, 0.4) is 0 Å². The molecule has 0 spiro atoms. The fourth-order valence-corrected chi connectivity index (χ4v) is 3.24. The summed E-state index contributed by atoms with van der Waals surface area (Å²) in [7, 11) is 0. The molecule has 1 aliphatic heterocycles. The number of nitrogens with one attached hydrogen (secondary N) is 2. The van der Waals surface area contributed by atoms with Crippen molar-refractivity contribution in [2.75, 3.05) is 18.2 Å². The van der Waals surface area contributed by atoms with Gasteiger partial charge in [0.1, 0.15) is 11.6 Å². The Morgan fingerprint density at radius 1 is 1.28 bits per heavy atom. The van der Waals surface area contributed by atoms with Gasteiger partial charge in [0, 0.05) is 12.3 Å². The lowest BCUT2D eigenvalue weighted by molar-refractivity contribution is -0.116. The van der Waals surface area contributed by atoms with Gasteiger partial charge in [-0.15, -0.1) is 0 Å². The summed E-state index contributed by atoms with van der Waals surface area (Å²) in [4.78, 5) is 31.7. The van der Waals surface area contributed by atoms with Crippen molar-refractivity contribution in [3.8, 4) is 5.75 Å². The van der Waals surface area contributed by atoms with E-state index < -0.39 is 0 Å². The van der Waals surface area contributed by atoms with Gasteiger partial charge in [0.15, 0.2) is 5.16 Å². The fraction of sp³-hybridized carbons (Fsp3) is 0.389. The summed E-state index contributed by atoms with van der Waals surface area (Å²) in [6, 6.07) is 7.59. The number of thioether (sulfide) groups is 1. The number of ether oxygens (including phenoxy) is 1. The Balaban J connectivity index is 1.91. The first kappa shape index (κ1) is 17.5. The summed E-state index contributed by atoms with van der Waals surface area (Å²) in [5.74, 6) is 0.714. The third-order valence-corrected chi connectivity index (χ3v) is 4.75. The largest absolute Gasteiger partial charge is 0.494 e. The number of aromatic amines is 1. The van der Waals surface area contributed by atoms with Crippen LogP contribution >= 0.6 is 11.8 Å². The lowest BCUT2D eigenvalue weighted by atomic mass is 9.87. The van der Waals surface area contributed by atoms with Gasteiger partial charge in [-0.25, -0.2) is 4.98 Å². The van der Waals surface area contributed by atoms with E-state index in [1.807, 2.05) is 30.5 Å². The SMILES string of the molecule is CCCCOc1ccc(C2CC(=O)Nc3nc(SC)[nH]c(=O)c32)cc1. The molecular weight excluding hydrogens is 338 g/mol. The summed E-state index contributed by atoms with van der Waals surface area (Å²) in [6.07, 6.45) is 4.15. The van der Waals surface area contributed by atoms with E-state index in [9.17, 15) is 9.59 Å². The molecule has 25 heavy (non-hydrogen) atoms. The van der Waals surface area contributed by atoms with Gasteiger partial charge in [0.25, 0.3) is 5.56 Å². The number of unbranched alkanes of at least 4 members (excludes halogenated alkanes) is 1. The standard InChI is InChI=1S/C18H21N3O3S/c1-3-4-9-24-12-7-5-11(6-8-12)13-10-14(22)19-16-15(13)17(23)21-18(20-16)25-2/h5-8,13H,3-4,9-10H2,1-2H3,(H2,19,20,21,22,23). The molecule has 2 heterocycles.